The number of phenols is 1. The molecule has 88 valence electrons. The van der Waals surface area contributed by atoms with E-state index in [2.05, 4.69) is 15.9 Å². The maximum atomic E-state index is 10.5. The van der Waals surface area contributed by atoms with E-state index in [1.807, 2.05) is 6.92 Å². The van der Waals surface area contributed by atoms with E-state index in [1.165, 1.54) is 7.11 Å². The first-order valence-electron chi connectivity index (χ1n) is 4.74. The van der Waals surface area contributed by atoms with Crippen molar-refractivity contribution in [2.45, 2.75) is 19.8 Å². The van der Waals surface area contributed by atoms with Gasteiger partial charge >= 0.3 is 5.97 Å². The third-order valence-corrected chi connectivity index (χ3v) is 3.22. The van der Waals surface area contributed by atoms with Gasteiger partial charge in [0.05, 0.1) is 7.11 Å². The molecule has 0 saturated carbocycles. The van der Waals surface area contributed by atoms with Crippen molar-refractivity contribution in [2.75, 3.05) is 7.11 Å². The highest BCUT2D eigenvalue weighted by atomic mass is 79.9. The van der Waals surface area contributed by atoms with Crippen LogP contribution in [0, 0.1) is 6.92 Å². The molecular formula is C11H13BrO4. The molecule has 5 heteroatoms. The van der Waals surface area contributed by atoms with Crippen molar-refractivity contribution in [1.29, 1.82) is 0 Å². The molecule has 0 bridgehead atoms. The second kappa shape index (κ2) is 5.21. The van der Waals surface area contributed by atoms with Crippen molar-refractivity contribution < 1.29 is 19.7 Å². The minimum atomic E-state index is -0.891. The van der Waals surface area contributed by atoms with E-state index in [0.29, 0.717) is 11.3 Å². The third-order valence-electron chi connectivity index (χ3n) is 2.40. The van der Waals surface area contributed by atoms with Gasteiger partial charge in [-0.2, -0.15) is 0 Å². The summed E-state index contributed by atoms with van der Waals surface area (Å²) in [5, 5.41) is 18.5. The Balaban J connectivity index is 3.14. The largest absolute Gasteiger partial charge is 0.504 e. The van der Waals surface area contributed by atoms with Gasteiger partial charge in [0.1, 0.15) is 0 Å². The molecule has 0 heterocycles. The zero-order valence-electron chi connectivity index (χ0n) is 9.08. The third kappa shape index (κ3) is 2.66. The van der Waals surface area contributed by atoms with Crippen LogP contribution in [0.25, 0.3) is 0 Å². The van der Waals surface area contributed by atoms with E-state index in [1.54, 1.807) is 6.07 Å². The Hall–Kier alpha value is -1.23. The van der Waals surface area contributed by atoms with Crippen molar-refractivity contribution in [3.05, 3.63) is 21.7 Å². The number of ether oxygens (including phenoxy) is 1. The van der Waals surface area contributed by atoms with Crippen LogP contribution >= 0.6 is 15.9 Å². The Morgan fingerprint density at radius 2 is 2.19 bits per heavy atom. The maximum Gasteiger partial charge on any atom is 0.303 e. The van der Waals surface area contributed by atoms with Crippen LogP contribution in [0.2, 0.25) is 0 Å². The SMILES string of the molecule is COc1cc(Br)c(C)c(CCC(=O)O)c1O. The fourth-order valence-electron chi connectivity index (χ4n) is 1.46. The van der Waals surface area contributed by atoms with Crippen LogP contribution < -0.4 is 4.74 Å². The van der Waals surface area contributed by atoms with Gasteiger partial charge in [0.25, 0.3) is 0 Å². The first-order valence-corrected chi connectivity index (χ1v) is 5.53. The van der Waals surface area contributed by atoms with Gasteiger partial charge in [-0.3, -0.25) is 4.79 Å². The summed E-state index contributed by atoms with van der Waals surface area (Å²) in [5.41, 5.74) is 1.44. The van der Waals surface area contributed by atoms with E-state index in [9.17, 15) is 9.90 Å². The van der Waals surface area contributed by atoms with Crippen molar-refractivity contribution in [3.8, 4) is 11.5 Å². The second-order valence-electron chi connectivity index (χ2n) is 3.41. The summed E-state index contributed by atoms with van der Waals surface area (Å²) in [7, 11) is 1.46. The number of aliphatic carboxylic acids is 1. The highest BCUT2D eigenvalue weighted by Gasteiger charge is 2.15. The summed E-state index contributed by atoms with van der Waals surface area (Å²) in [5.74, 6) is -0.528. The first kappa shape index (κ1) is 12.8. The number of halogens is 1. The lowest BCUT2D eigenvalue weighted by Gasteiger charge is -2.13. The molecule has 0 aliphatic heterocycles. The predicted molar refractivity (Wildman–Crippen MR) is 63.1 cm³/mol. The number of carboxylic acids is 1. The Labute approximate surface area is 102 Å². The lowest BCUT2D eigenvalue weighted by Crippen LogP contribution is -2.01. The standard InChI is InChI=1S/C11H13BrO4/c1-6-7(3-4-10(13)14)11(15)9(16-2)5-8(6)12/h5,15H,3-4H2,1-2H3,(H,13,14). The van der Waals surface area contributed by atoms with E-state index >= 15 is 0 Å². The second-order valence-corrected chi connectivity index (χ2v) is 4.26. The molecule has 0 unspecified atom stereocenters. The number of phenolic OH excluding ortho intramolecular Hbond substituents is 1. The lowest BCUT2D eigenvalue weighted by molar-refractivity contribution is -0.136. The van der Waals surface area contributed by atoms with E-state index in [0.717, 1.165) is 10.0 Å². The number of hydrogen-bond acceptors (Lipinski definition) is 3. The lowest BCUT2D eigenvalue weighted by atomic mass is 10.0. The highest BCUT2D eigenvalue weighted by Crippen LogP contribution is 2.37. The van der Waals surface area contributed by atoms with Crippen LogP contribution in [0.15, 0.2) is 10.5 Å². The Bertz CT molecular complexity index is 415. The fraction of sp³-hybridized carbons (Fsp3) is 0.364. The zero-order valence-corrected chi connectivity index (χ0v) is 10.7. The van der Waals surface area contributed by atoms with Crippen molar-refractivity contribution in [1.82, 2.24) is 0 Å². The van der Waals surface area contributed by atoms with Crippen molar-refractivity contribution in [2.24, 2.45) is 0 Å². The molecule has 0 atom stereocenters. The molecule has 0 amide bonds. The zero-order chi connectivity index (χ0) is 12.3. The minimum Gasteiger partial charge on any atom is -0.504 e. The molecule has 16 heavy (non-hydrogen) atoms. The molecule has 0 aliphatic rings. The molecule has 1 rings (SSSR count). The summed E-state index contributed by atoms with van der Waals surface area (Å²) < 4.78 is 5.79. The number of carbonyl (C=O) groups is 1. The average Bonchev–Trinajstić information content (AvgIpc) is 2.23. The minimum absolute atomic E-state index is 0.0180. The van der Waals surface area contributed by atoms with Gasteiger partial charge in [0.15, 0.2) is 11.5 Å². The summed E-state index contributed by atoms with van der Waals surface area (Å²) in [6.07, 6.45) is 0.261. The van der Waals surface area contributed by atoms with Crippen LogP contribution in [0.5, 0.6) is 11.5 Å². The molecule has 0 spiro atoms. The summed E-state index contributed by atoms with van der Waals surface area (Å²) in [6, 6.07) is 1.66. The van der Waals surface area contributed by atoms with E-state index in [4.69, 9.17) is 9.84 Å². The topological polar surface area (TPSA) is 66.8 Å². The van der Waals surface area contributed by atoms with Crippen LogP contribution in [-0.4, -0.2) is 23.3 Å². The molecule has 0 saturated heterocycles. The molecule has 0 radical (unpaired) electrons. The molecule has 4 nitrogen and oxygen atoms in total. The van der Waals surface area contributed by atoms with Gasteiger partial charge in [-0.15, -0.1) is 0 Å². The van der Waals surface area contributed by atoms with Gasteiger partial charge in [-0.1, -0.05) is 15.9 Å². The van der Waals surface area contributed by atoms with Crippen LogP contribution in [0.3, 0.4) is 0 Å². The number of aromatic hydroxyl groups is 1. The first-order chi connectivity index (χ1) is 7.47. The molecule has 1 aromatic rings. The number of carboxylic acid groups (broad SMARTS) is 1. The molecule has 0 aromatic heterocycles. The van der Waals surface area contributed by atoms with Crippen LogP contribution in [-0.2, 0) is 11.2 Å². The summed E-state index contributed by atoms with van der Waals surface area (Å²) >= 11 is 3.34. The average molecular weight is 289 g/mol. The molecule has 2 N–H and O–H groups in total. The van der Waals surface area contributed by atoms with Crippen LogP contribution in [0.4, 0.5) is 0 Å². The molecule has 0 fully saturated rings. The number of methoxy groups -OCH3 is 1. The van der Waals surface area contributed by atoms with Gasteiger partial charge in [-0.25, -0.2) is 0 Å². The Morgan fingerprint density at radius 1 is 1.56 bits per heavy atom. The molecule has 0 aliphatic carbocycles. The van der Waals surface area contributed by atoms with Crippen LogP contribution in [0.1, 0.15) is 17.5 Å². The highest BCUT2D eigenvalue weighted by molar-refractivity contribution is 9.10. The van der Waals surface area contributed by atoms with E-state index in [-0.39, 0.29) is 18.6 Å². The predicted octanol–water partition coefficient (Wildman–Crippen LogP) is 2.49. The van der Waals surface area contributed by atoms with Gasteiger partial charge in [0.2, 0.25) is 0 Å². The number of benzene rings is 1. The summed E-state index contributed by atoms with van der Waals surface area (Å²) in [4.78, 5) is 10.5. The van der Waals surface area contributed by atoms with E-state index < -0.39 is 5.97 Å². The van der Waals surface area contributed by atoms with Crippen molar-refractivity contribution in [3.63, 3.8) is 0 Å². The summed E-state index contributed by atoms with van der Waals surface area (Å²) in [6.45, 7) is 1.82. The fourth-order valence-corrected chi connectivity index (χ4v) is 1.90. The maximum absolute atomic E-state index is 10.5. The molecule has 1 aromatic carbocycles. The van der Waals surface area contributed by atoms with Crippen molar-refractivity contribution >= 4 is 21.9 Å². The van der Waals surface area contributed by atoms with Gasteiger partial charge in [0, 0.05) is 16.5 Å². The normalized spacial score (nSPS) is 10.2. The quantitative estimate of drug-likeness (QED) is 0.893. The Morgan fingerprint density at radius 3 is 2.69 bits per heavy atom. The smallest absolute Gasteiger partial charge is 0.303 e. The monoisotopic (exact) mass is 288 g/mol. The molecular weight excluding hydrogens is 276 g/mol. The van der Waals surface area contributed by atoms with Gasteiger partial charge in [-0.05, 0) is 25.0 Å². The van der Waals surface area contributed by atoms with Gasteiger partial charge < -0.3 is 14.9 Å². The number of rotatable bonds is 4. The number of hydrogen-bond donors (Lipinski definition) is 2. The Kier molecular flexibility index (Phi) is 4.18.